The van der Waals surface area contributed by atoms with Crippen LogP contribution in [0.5, 0.6) is 5.75 Å². The van der Waals surface area contributed by atoms with Crippen LogP contribution in [-0.4, -0.2) is 31.1 Å². The lowest BCUT2D eigenvalue weighted by molar-refractivity contribution is 0.0977. The molecule has 0 atom stereocenters. The van der Waals surface area contributed by atoms with Crippen molar-refractivity contribution in [1.29, 1.82) is 0 Å². The van der Waals surface area contributed by atoms with Gasteiger partial charge in [-0.05, 0) is 48.0 Å². The molecule has 0 saturated carbocycles. The SMILES string of the molecule is O=C(CCCn1nnc(-c2ccccc2F)n1)c1ccc(O)cc1. The summed E-state index contributed by atoms with van der Waals surface area (Å²) in [5.41, 5.74) is 0.843. The molecule has 0 aliphatic heterocycles. The molecule has 122 valence electrons. The van der Waals surface area contributed by atoms with E-state index in [1.807, 2.05) is 0 Å². The number of benzene rings is 2. The maximum absolute atomic E-state index is 13.7. The highest BCUT2D eigenvalue weighted by Crippen LogP contribution is 2.17. The molecule has 0 saturated heterocycles. The number of phenols is 1. The highest BCUT2D eigenvalue weighted by Gasteiger charge is 2.11. The van der Waals surface area contributed by atoms with E-state index in [2.05, 4.69) is 15.4 Å². The quantitative estimate of drug-likeness (QED) is 0.705. The van der Waals surface area contributed by atoms with Crippen molar-refractivity contribution >= 4 is 5.78 Å². The molecule has 1 N–H and O–H groups in total. The van der Waals surface area contributed by atoms with Gasteiger partial charge in [-0.1, -0.05) is 12.1 Å². The zero-order valence-corrected chi connectivity index (χ0v) is 12.8. The van der Waals surface area contributed by atoms with Gasteiger partial charge in [0.25, 0.3) is 0 Å². The van der Waals surface area contributed by atoms with Gasteiger partial charge in [-0.2, -0.15) is 4.80 Å². The van der Waals surface area contributed by atoms with Gasteiger partial charge < -0.3 is 5.11 Å². The third-order valence-electron chi connectivity index (χ3n) is 3.52. The fourth-order valence-electron chi connectivity index (χ4n) is 2.26. The van der Waals surface area contributed by atoms with Crippen LogP contribution in [0, 0.1) is 5.82 Å². The van der Waals surface area contributed by atoms with Crippen molar-refractivity contribution in [2.24, 2.45) is 0 Å². The number of hydrogen-bond donors (Lipinski definition) is 1. The van der Waals surface area contributed by atoms with Crippen LogP contribution in [0.15, 0.2) is 48.5 Å². The normalized spacial score (nSPS) is 10.7. The number of carbonyl (C=O) groups excluding carboxylic acids is 1. The van der Waals surface area contributed by atoms with Crippen LogP contribution >= 0.6 is 0 Å². The van der Waals surface area contributed by atoms with E-state index < -0.39 is 5.82 Å². The van der Waals surface area contributed by atoms with Gasteiger partial charge in [-0.15, -0.1) is 10.2 Å². The Balaban J connectivity index is 1.57. The Morgan fingerprint density at radius 1 is 1.12 bits per heavy atom. The Labute approximate surface area is 137 Å². The monoisotopic (exact) mass is 326 g/mol. The van der Waals surface area contributed by atoms with Crippen molar-refractivity contribution in [3.63, 3.8) is 0 Å². The molecule has 0 radical (unpaired) electrons. The van der Waals surface area contributed by atoms with Crippen LogP contribution in [0.25, 0.3) is 11.4 Å². The number of halogens is 1. The fraction of sp³-hybridized carbons (Fsp3) is 0.176. The van der Waals surface area contributed by atoms with E-state index in [1.165, 1.54) is 23.0 Å². The molecule has 3 aromatic rings. The van der Waals surface area contributed by atoms with Gasteiger partial charge in [-0.25, -0.2) is 4.39 Å². The molecule has 0 bridgehead atoms. The third kappa shape index (κ3) is 3.62. The molecule has 0 spiro atoms. The van der Waals surface area contributed by atoms with Gasteiger partial charge in [0.2, 0.25) is 5.82 Å². The summed E-state index contributed by atoms with van der Waals surface area (Å²) in [6, 6.07) is 12.4. The molecule has 0 aliphatic carbocycles. The van der Waals surface area contributed by atoms with E-state index in [0.29, 0.717) is 30.5 Å². The van der Waals surface area contributed by atoms with Gasteiger partial charge in [0, 0.05) is 12.0 Å². The predicted octanol–water partition coefficient (Wildman–Crippen LogP) is 2.85. The summed E-state index contributed by atoms with van der Waals surface area (Å²) < 4.78 is 13.7. The lowest BCUT2D eigenvalue weighted by atomic mass is 10.1. The van der Waals surface area contributed by atoms with Gasteiger partial charge in [-0.3, -0.25) is 4.79 Å². The summed E-state index contributed by atoms with van der Waals surface area (Å²) >= 11 is 0. The maximum atomic E-state index is 13.7. The van der Waals surface area contributed by atoms with Gasteiger partial charge in [0.15, 0.2) is 5.78 Å². The Bertz CT molecular complexity index is 846. The van der Waals surface area contributed by atoms with Crippen LogP contribution < -0.4 is 0 Å². The molecule has 1 aromatic heterocycles. The van der Waals surface area contributed by atoms with Crippen molar-refractivity contribution in [3.8, 4) is 17.1 Å². The van der Waals surface area contributed by atoms with Crippen LogP contribution in [-0.2, 0) is 6.54 Å². The highest BCUT2D eigenvalue weighted by molar-refractivity contribution is 5.96. The first-order chi connectivity index (χ1) is 11.6. The number of Topliss-reactive ketones (excluding diaryl/α,β-unsaturated/α-hetero) is 1. The molecule has 1 heterocycles. The number of nitrogens with zero attached hydrogens (tertiary/aromatic N) is 4. The van der Waals surface area contributed by atoms with Crippen molar-refractivity contribution in [3.05, 3.63) is 59.9 Å². The Morgan fingerprint density at radius 2 is 1.88 bits per heavy atom. The number of aromatic hydroxyl groups is 1. The van der Waals surface area contributed by atoms with Gasteiger partial charge in [0.05, 0.1) is 12.1 Å². The van der Waals surface area contributed by atoms with Crippen LogP contribution in [0.4, 0.5) is 4.39 Å². The summed E-state index contributed by atoms with van der Waals surface area (Å²) in [4.78, 5) is 13.4. The largest absolute Gasteiger partial charge is 0.508 e. The molecule has 0 aliphatic rings. The topological polar surface area (TPSA) is 80.9 Å². The van der Waals surface area contributed by atoms with Crippen molar-refractivity contribution in [2.45, 2.75) is 19.4 Å². The lowest BCUT2D eigenvalue weighted by Crippen LogP contribution is -2.06. The van der Waals surface area contributed by atoms with E-state index in [9.17, 15) is 14.3 Å². The van der Waals surface area contributed by atoms with E-state index in [0.717, 1.165) is 0 Å². The number of aromatic nitrogens is 4. The van der Waals surface area contributed by atoms with Gasteiger partial charge >= 0.3 is 0 Å². The third-order valence-corrected chi connectivity index (χ3v) is 3.52. The van der Waals surface area contributed by atoms with E-state index in [4.69, 9.17) is 0 Å². The van der Waals surface area contributed by atoms with Crippen molar-refractivity contribution in [1.82, 2.24) is 20.2 Å². The molecule has 0 unspecified atom stereocenters. The first-order valence-electron chi connectivity index (χ1n) is 7.48. The average molecular weight is 326 g/mol. The Hall–Kier alpha value is -3.09. The number of phenolic OH excluding ortho intramolecular Hbond substituents is 1. The summed E-state index contributed by atoms with van der Waals surface area (Å²) in [6.07, 6.45) is 0.855. The first-order valence-corrected chi connectivity index (χ1v) is 7.48. The molecule has 6 nitrogen and oxygen atoms in total. The number of hydrogen-bond acceptors (Lipinski definition) is 5. The molecule has 0 amide bonds. The van der Waals surface area contributed by atoms with Gasteiger partial charge in [0.1, 0.15) is 11.6 Å². The minimum atomic E-state index is -0.403. The second-order valence-corrected chi connectivity index (χ2v) is 5.26. The Kier molecular flexibility index (Phi) is 4.60. The van der Waals surface area contributed by atoms with E-state index in [-0.39, 0.29) is 17.4 Å². The first kappa shape index (κ1) is 15.8. The number of rotatable bonds is 6. The minimum absolute atomic E-state index is 0.0237. The molecule has 0 fully saturated rings. The zero-order valence-electron chi connectivity index (χ0n) is 12.8. The molecular weight excluding hydrogens is 311 g/mol. The predicted molar refractivity (Wildman–Crippen MR) is 84.9 cm³/mol. The summed E-state index contributed by atoms with van der Waals surface area (Å²) in [5, 5.41) is 21.1. The number of ketones is 1. The van der Waals surface area contributed by atoms with Crippen LogP contribution in [0.3, 0.4) is 0 Å². The molecule has 7 heteroatoms. The smallest absolute Gasteiger partial charge is 0.207 e. The Morgan fingerprint density at radius 3 is 2.62 bits per heavy atom. The standard InChI is InChI=1S/C17H15FN4O2/c18-15-5-2-1-4-14(15)17-19-21-22(20-17)11-3-6-16(24)12-7-9-13(23)10-8-12/h1-2,4-5,7-10,23H,3,6,11H2. The highest BCUT2D eigenvalue weighted by atomic mass is 19.1. The lowest BCUT2D eigenvalue weighted by Gasteiger charge is -2.01. The number of carbonyl (C=O) groups is 1. The molecule has 3 rings (SSSR count). The summed E-state index contributed by atoms with van der Waals surface area (Å²) in [5.74, 6) is -0.0824. The summed E-state index contributed by atoms with van der Waals surface area (Å²) in [7, 11) is 0. The zero-order chi connectivity index (χ0) is 16.9. The molecular formula is C17H15FN4O2. The molecule has 2 aromatic carbocycles. The second-order valence-electron chi connectivity index (χ2n) is 5.26. The van der Waals surface area contributed by atoms with Crippen LogP contribution in [0.2, 0.25) is 0 Å². The van der Waals surface area contributed by atoms with Crippen LogP contribution in [0.1, 0.15) is 23.2 Å². The fourth-order valence-corrected chi connectivity index (χ4v) is 2.26. The number of aryl methyl sites for hydroxylation is 1. The maximum Gasteiger partial charge on any atom is 0.207 e. The number of tetrazole rings is 1. The van der Waals surface area contributed by atoms with Crippen molar-refractivity contribution < 1.29 is 14.3 Å². The van der Waals surface area contributed by atoms with E-state index >= 15 is 0 Å². The second kappa shape index (κ2) is 6.99. The van der Waals surface area contributed by atoms with Crippen molar-refractivity contribution in [2.75, 3.05) is 0 Å². The minimum Gasteiger partial charge on any atom is -0.508 e. The molecule has 24 heavy (non-hydrogen) atoms. The average Bonchev–Trinajstić information content (AvgIpc) is 3.04. The van der Waals surface area contributed by atoms with E-state index in [1.54, 1.807) is 30.3 Å². The summed E-state index contributed by atoms with van der Waals surface area (Å²) in [6.45, 7) is 0.408.